The molecule has 0 amide bonds. The van der Waals surface area contributed by atoms with Crippen molar-refractivity contribution in [2.24, 2.45) is 0 Å². The van der Waals surface area contributed by atoms with E-state index in [1.54, 1.807) is 0 Å². The molecule has 0 saturated carbocycles. The lowest BCUT2D eigenvalue weighted by atomic mass is 10.1. The van der Waals surface area contributed by atoms with Crippen LogP contribution in [0.5, 0.6) is 5.88 Å². The van der Waals surface area contributed by atoms with Crippen molar-refractivity contribution < 1.29 is 9.47 Å². The van der Waals surface area contributed by atoms with Crippen molar-refractivity contribution in [3.05, 3.63) is 71.7 Å². The van der Waals surface area contributed by atoms with Crippen LogP contribution in [-0.2, 0) is 11.3 Å². The summed E-state index contributed by atoms with van der Waals surface area (Å²) in [5.41, 5.74) is 2.18. The summed E-state index contributed by atoms with van der Waals surface area (Å²) >= 11 is 0. The number of para-hydroxylation sites is 1. The van der Waals surface area contributed by atoms with E-state index in [2.05, 4.69) is 16.0 Å². The van der Waals surface area contributed by atoms with E-state index in [-0.39, 0.29) is 0 Å². The van der Waals surface area contributed by atoms with Gasteiger partial charge in [0.1, 0.15) is 24.0 Å². The molecule has 1 saturated heterocycles. The first-order chi connectivity index (χ1) is 12.8. The maximum absolute atomic E-state index is 9.60. The maximum atomic E-state index is 9.60. The predicted octanol–water partition coefficient (Wildman–Crippen LogP) is 4.25. The molecule has 0 aliphatic carbocycles. The van der Waals surface area contributed by atoms with Crippen LogP contribution in [0.25, 0.3) is 16.5 Å². The quantitative estimate of drug-likeness (QED) is 0.662. The summed E-state index contributed by atoms with van der Waals surface area (Å²) in [6, 6.07) is 19.8. The van der Waals surface area contributed by atoms with E-state index >= 15 is 0 Å². The molecule has 0 bridgehead atoms. The van der Waals surface area contributed by atoms with Crippen LogP contribution in [0, 0.1) is 11.3 Å². The average molecular weight is 343 g/mol. The van der Waals surface area contributed by atoms with E-state index in [1.807, 2.05) is 54.6 Å². The van der Waals surface area contributed by atoms with Crippen LogP contribution in [0.1, 0.15) is 24.2 Å². The molecule has 2 heterocycles. The third-order valence-electron chi connectivity index (χ3n) is 4.23. The van der Waals surface area contributed by atoms with Gasteiger partial charge in [0, 0.05) is 6.42 Å². The molecule has 5 heteroatoms. The summed E-state index contributed by atoms with van der Waals surface area (Å²) in [6.45, 7) is 1.03. The van der Waals surface area contributed by atoms with Crippen LogP contribution in [0.15, 0.2) is 60.4 Å². The minimum absolute atomic E-state index is 0.353. The minimum Gasteiger partial charge on any atom is -0.496 e. The fraction of sp³-hybridized carbons (Fsp3) is 0.190. The average Bonchev–Trinajstić information content (AvgIpc) is 3.22. The van der Waals surface area contributed by atoms with E-state index in [4.69, 9.17) is 9.47 Å². The minimum atomic E-state index is 0.353. The number of hydrogen-bond acceptors (Lipinski definition) is 5. The first-order valence-electron chi connectivity index (χ1n) is 8.55. The topological polar surface area (TPSA) is 68.0 Å². The first-order valence-corrected chi connectivity index (χ1v) is 8.55. The highest BCUT2D eigenvalue weighted by Gasteiger charge is 2.20. The number of rotatable bonds is 4. The van der Waals surface area contributed by atoms with Gasteiger partial charge in [-0.25, -0.2) is 4.98 Å². The van der Waals surface area contributed by atoms with Crippen LogP contribution >= 0.6 is 0 Å². The van der Waals surface area contributed by atoms with E-state index in [1.165, 1.54) is 0 Å². The number of hydrogen-bond donors (Lipinski definition) is 0. The van der Waals surface area contributed by atoms with Crippen molar-refractivity contribution in [1.29, 1.82) is 5.26 Å². The fourth-order valence-corrected chi connectivity index (χ4v) is 2.93. The second kappa shape index (κ2) is 7.24. The molecule has 3 aromatic rings. The zero-order valence-corrected chi connectivity index (χ0v) is 14.2. The molecule has 26 heavy (non-hydrogen) atoms. The number of nitriles is 1. The highest BCUT2D eigenvalue weighted by Crippen LogP contribution is 2.29. The molecule has 5 nitrogen and oxygen atoms in total. The van der Waals surface area contributed by atoms with Gasteiger partial charge in [-0.15, -0.1) is 0 Å². The maximum Gasteiger partial charge on any atom is 0.225 e. The smallest absolute Gasteiger partial charge is 0.225 e. The van der Waals surface area contributed by atoms with Crippen LogP contribution in [0.4, 0.5) is 0 Å². The molecular formula is C21H17N3O2. The number of aromatic nitrogens is 2. The number of nitrogens with zero attached hydrogens (tertiary/aromatic N) is 3. The number of fused-ring (bicyclic) bond motifs is 1. The van der Waals surface area contributed by atoms with Gasteiger partial charge in [0.2, 0.25) is 5.88 Å². The molecular weight excluding hydrogens is 326 g/mol. The summed E-state index contributed by atoms with van der Waals surface area (Å²) in [5, 5.41) is 10.4. The highest BCUT2D eigenvalue weighted by atomic mass is 16.5. The van der Waals surface area contributed by atoms with Crippen molar-refractivity contribution in [3.8, 4) is 11.9 Å². The number of allylic oxidation sites excluding steroid dienone is 2. The zero-order valence-electron chi connectivity index (χ0n) is 14.2. The Morgan fingerprint density at radius 1 is 1.08 bits per heavy atom. The largest absolute Gasteiger partial charge is 0.496 e. The zero-order chi connectivity index (χ0) is 17.8. The van der Waals surface area contributed by atoms with E-state index in [0.29, 0.717) is 36.3 Å². The molecule has 4 rings (SSSR count). The van der Waals surface area contributed by atoms with Gasteiger partial charge < -0.3 is 9.47 Å². The number of benzene rings is 2. The van der Waals surface area contributed by atoms with Crippen molar-refractivity contribution in [1.82, 2.24) is 9.97 Å². The Labute approximate surface area is 151 Å². The molecule has 0 spiro atoms. The van der Waals surface area contributed by atoms with Gasteiger partial charge in [0.25, 0.3) is 0 Å². The van der Waals surface area contributed by atoms with Crippen LogP contribution < -0.4 is 4.74 Å². The summed E-state index contributed by atoms with van der Waals surface area (Å²) in [6.07, 6.45) is 1.64. The lowest BCUT2D eigenvalue weighted by molar-refractivity contribution is 0.265. The molecule has 0 unspecified atom stereocenters. The Kier molecular flexibility index (Phi) is 4.48. The van der Waals surface area contributed by atoms with Crippen molar-refractivity contribution >= 4 is 16.5 Å². The molecule has 1 aliphatic heterocycles. The molecule has 128 valence electrons. The third-order valence-corrected chi connectivity index (χ3v) is 4.23. The molecule has 1 aromatic heterocycles. The molecule has 1 aliphatic rings. The Morgan fingerprint density at radius 2 is 1.88 bits per heavy atom. The lowest BCUT2D eigenvalue weighted by Crippen LogP contribution is -2.03. The van der Waals surface area contributed by atoms with Crippen LogP contribution in [0.2, 0.25) is 0 Å². The standard InChI is InChI=1S/C21H17N3O2/c22-13-17(19-11-6-12-25-19)20-23-18-10-5-4-9-16(18)21(24-20)26-14-15-7-2-1-3-8-15/h1-5,7-10H,6,11-12,14H2. The SMILES string of the molecule is N#CC(=C1CCCO1)c1nc(OCc2ccccc2)c2ccccc2n1. The lowest BCUT2D eigenvalue weighted by Gasteiger charge is -2.11. The summed E-state index contributed by atoms with van der Waals surface area (Å²) in [5.74, 6) is 1.49. The Bertz CT molecular complexity index is 999. The summed E-state index contributed by atoms with van der Waals surface area (Å²) < 4.78 is 11.6. The van der Waals surface area contributed by atoms with Crippen molar-refractivity contribution in [2.45, 2.75) is 19.4 Å². The second-order valence-electron chi connectivity index (χ2n) is 6.01. The molecule has 0 radical (unpaired) electrons. The summed E-state index contributed by atoms with van der Waals surface area (Å²) in [4.78, 5) is 9.09. The van der Waals surface area contributed by atoms with E-state index < -0.39 is 0 Å². The van der Waals surface area contributed by atoms with Crippen molar-refractivity contribution in [2.75, 3.05) is 6.61 Å². The normalized spacial score (nSPS) is 15.3. The Balaban J connectivity index is 1.76. The number of ether oxygens (including phenoxy) is 2. The predicted molar refractivity (Wildman–Crippen MR) is 98.0 cm³/mol. The van der Waals surface area contributed by atoms with Gasteiger partial charge >= 0.3 is 0 Å². The molecule has 1 fully saturated rings. The van der Waals surface area contributed by atoms with Crippen LogP contribution in [0.3, 0.4) is 0 Å². The Hall–Kier alpha value is -3.39. The highest BCUT2D eigenvalue weighted by molar-refractivity contribution is 5.86. The van der Waals surface area contributed by atoms with Gasteiger partial charge in [0.05, 0.1) is 17.5 Å². The van der Waals surface area contributed by atoms with Gasteiger partial charge in [-0.2, -0.15) is 10.2 Å². The first kappa shape index (κ1) is 16.1. The molecule has 2 aromatic carbocycles. The van der Waals surface area contributed by atoms with E-state index in [9.17, 15) is 5.26 Å². The van der Waals surface area contributed by atoms with Gasteiger partial charge in [-0.3, -0.25) is 0 Å². The van der Waals surface area contributed by atoms with Gasteiger partial charge in [-0.1, -0.05) is 42.5 Å². The summed E-state index contributed by atoms with van der Waals surface area (Å²) in [7, 11) is 0. The molecule has 0 atom stereocenters. The molecule has 0 N–H and O–H groups in total. The Morgan fingerprint density at radius 3 is 2.65 bits per heavy atom. The van der Waals surface area contributed by atoms with Gasteiger partial charge in [0.15, 0.2) is 5.82 Å². The van der Waals surface area contributed by atoms with Gasteiger partial charge in [-0.05, 0) is 24.1 Å². The van der Waals surface area contributed by atoms with Crippen molar-refractivity contribution in [3.63, 3.8) is 0 Å². The monoisotopic (exact) mass is 343 g/mol. The second-order valence-corrected chi connectivity index (χ2v) is 6.01. The third kappa shape index (κ3) is 3.22. The van der Waals surface area contributed by atoms with Crippen LogP contribution in [-0.4, -0.2) is 16.6 Å². The van der Waals surface area contributed by atoms with E-state index in [0.717, 1.165) is 29.3 Å². The fourth-order valence-electron chi connectivity index (χ4n) is 2.93.